The molecule has 2 atom stereocenters. The van der Waals surface area contributed by atoms with E-state index in [1.54, 1.807) is 0 Å². The van der Waals surface area contributed by atoms with Crippen LogP contribution in [0.15, 0.2) is 0 Å². The van der Waals surface area contributed by atoms with Gasteiger partial charge in [-0.1, -0.05) is 0 Å². The van der Waals surface area contributed by atoms with Crippen molar-refractivity contribution in [3.05, 3.63) is 0 Å². The fourth-order valence-electron chi connectivity index (χ4n) is 2.05. The molecule has 0 amide bonds. The van der Waals surface area contributed by atoms with Crippen molar-refractivity contribution < 1.29 is 4.84 Å². The lowest BCUT2D eigenvalue weighted by atomic mass is 10.4. The van der Waals surface area contributed by atoms with Crippen LogP contribution >= 0.6 is 0 Å². The largest absolute Gasteiger partial charge is 0.305 e. The monoisotopic (exact) mass is 156 g/mol. The summed E-state index contributed by atoms with van der Waals surface area (Å²) in [4.78, 5) is 7.04. The standard InChI is InChI=1S/C8H16N2O/c9-11-3-1-2-10-5-7-4-8(7)6-10/h7-8H,1-6,9H2. The van der Waals surface area contributed by atoms with Gasteiger partial charge in [-0.15, -0.1) is 0 Å². The molecule has 1 aliphatic heterocycles. The Morgan fingerprint density at radius 2 is 2.09 bits per heavy atom. The first-order valence-corrected chi connectivity index (χ1v) is 4.44. The van der Waals surface area contributed by atoms with Crippen molar-refractivity contribution >= 4 is 0 Å². The van der Waals surface area contributed by atoms with E-state index >= 15 is 0 Å². The van der Waals surface area contributed by atoms with Crippen LogP contribution in [0.2, 0.25) is 0 Å². The molecule has 2 fully saturated rings. The average molecular weight is 156 g/mol. The number of piperidine rings is 1. The van der Waals surface area contributed by atoms with Crippen molar-refractivity contribution in [3.8, 4) is 0 Å². The molecular weight excluding hydrogens is 140 g/mol. The first-order valence-electron chi connectivity index (χ1n) is 4.44. The molecule has 3 heteroatoms. The number of nitrogens with zero attached hydrogens (tertiary/aromatic N) is 1. The Bertz CT molecular complexity index is 130. The summed E-state index contributed by atoms with van der Waals surface area (Å²) in [6.45, 7) is 4.53. The second kappa shape index (κ2) is 3.09. The molecule has 1 saturated heterocycles. The number of nitrogens with two attached hydrogens (primary N) is 1. The van der Waals surface area contributed by atoms with Crippen LogP contribution in [0.5, 0.6) is 0 Å². The minimum absolute atomic E-state index is 0.700. The van der Waals surface area contributed by atoms with Crippen LogP contribution in [-0.2, 0) is 4.84 Å². The summed E-state index contributed by atoms with van der Waals surface area (Å²) >= 11 is 0. The molecular formula is C8H16N2O. The number of fused-ring (bicyclic) bond motifs is 1. The van der Waals surface area contributed by atoms with Crippen LogP contribution in [0, 0.1) is 11.8 Å². The lowest BCUT2D eigenvalue weighted by Crippen LogP contribution is -2.25. The summed E-state index contributed by atoms with van der Waals surface area (Å²) in [5, 5.41) is 0. The first-order chi connectivity index (χ1) is 5.40. The van der Waals surface area contributed by atoms with Gasteiger partial charge in [0.05, 0.1) is 6.61 Å². The van der Waals surface area contributed by atoms with E-state index in [1.807, 2.05) is 0 Å². The van der Waals surface area contributed by atoms with E-state index in [0.29, 0.717) is 6.61 Å². The fraction of sp³-hybridized carbons (Fsp3) is 1.00. The predicted octanol–water partition coefficient (Wildman–Crippen LogP) is 0.219. The molecule has 1 aliphatic carbocycles. The highest BCUT2D eigenvalue weighted by Gasteiger charge is 2.44. The molecule has 1 saturated carbocycles. The van der Waals surface area contributed by atoms with Gasteiger partial charge in [0.25, 0.3) is 0 Å². The molecule has 0 spiro atoms. The third kappa shape index (κ3) is 1.72. The van der Waals surface area contributed by atoms with Crippen LogP contribution in [0.4, 0.5) is 0 Å². The molecule has 11 heavy (non-hydrogen) atoms. The van der Waals surface area contributed by atoms with E-state index in [4.69, 9.17) is 5.90 Å². The van der Waals surface area contributed by atoms with Gasteiger partial charge in [-0.2, -0.15) is 0 Å². The van der Waals surface area contributed by atoms with Gasteiger partial charge in [-0.05, 0) is 24.7 Å². The molecule has 2 aliphatic rings. The maximum atomic E-state index is 4.93. The van der Waals surface area contributed by atoms with E-state index in [-0.39, 0.29) is 0 Å². The second-order valence-electron chi connectivity index (χ2n) is 3.74. The minimum atomic E-state index is 0.700. The zero-order valence-electron chi connectivity index (χ0n) is 6.83. The van der Waals surface area contributed by atoms with Gasteiger partial charge in [0.1, 0.15) is 0 Å². The molecule has 2 rings (SSSR count). The van der Waals surface area contributed by atoms with Crippen molar-refractivity contribution in [2.24, 2.45) is 17.7 Å². The summed E-state index contributed by atoms with van der Waals surface area (Å²) in [6.07, 6.45) is 2.57. The van der Waals surface area contributed by atoms with Gasteiger partial charge in [-0.3, -0.25) is 0 Å². The summed E-state index contributed by atoms with van der Waals surface area (Å²) < 4.78 is 0. The molecule has 3 nitrogen and oxygen atoms in total. The highest BCUT2D eigenvalue weighted by Crippen LogP contribution is 2.44. The van der Waals surface area contributed by atoms with Crippen molar-refractivity contribution in [2.45, 2.75) is 12.8 Å². The normalized spacial score (nSPS) is 35.7. The van der Waals surface area contributed by atoms with E-state index < -0.39 is 0 Å². The van der Waals surface area contributed by atoms with E-state index in [9.17, 15) is 0 Å². The minimum Gasteiger partial charge on any atom is -0.305 e. The van der Waals surface area contributed by atoms with Crippen molar-refractivity contribution in [1.29, 1.82) is 0 Å². The molecule has 64 valence electrons. The zero-order chi connectivity index (χ0) is 7.68. The van der Waals surface area contributed by atoms with Gasteiger partial charge in [-0.25, -0.2) is 5.90 Å². The highest BCUT2D eigenvalue weighted by molar-refractivity contribution is 4.96. The SMILES string of the molecule is NOCCCN1CC2CC2C1. The second-order valence-corrected chi connectivity index (χ2v) is 3.74. The molecule has 0 aromatic rings. The lowest BCUT2D eigenvalue weighted by molar-refractivity contribution is 0.125. The Kier molecular flexibility index (Phi) is 2.11. The quantitative estimate of drug-likeness (QED) is 0.467. The van der Waals surface area contributed by atoms with Crippen LogP contribution in [-0.4, -0.2) is 31.1 Å². The van der Waals surface area contributed by atoms with Crippen molar-refractivity contribution in [2.75, 3.05) is 26.2 Å². The molecule has 1 heterocycles. The topological polar surface area (TPSA) is 38.5 Å². The Labute approximate surface area is 67.4 Å². The average Bonchev–Trinajstić information content (AvgIpc) is 2.61. The smallest absolute Gasteiger partial charge is 0.0691 e. The van der Waals surface area contributed by atoms with Gasteiger partial charge in [0.15, 0.2) is 0 Å². The van der Waals surface area contributed by atoms with Gasteiger partial charge < -0.3 is 9.74 Å². The van der Waals surface area contributed by atoms with E-state index in [2.05, 4.69) is 9.74 Å². The van der Waals surface area contributed by atoms with Gasteiger partial charge >= 0.3 is 0 Å². The zero-order valence-corrected chi connectivity index (χ0v) is 6.83. The fourth-order valence-corrected chi connectivity index (χ4v) is 2.05. The predicted molar refractivity (Wildman–Crippen MR) is 42.8 cm³/mol. The third-order valence-electron chi connectivity index (χ3n) is 2.79. The number of hydrogen-bond donors (Lipinski definition) is 1. The molecule has 2 N–H and O–H groups in total. The van der Waals surface area contributed by atoms with E-state index in [0.717, 1.165) is 18.3 Å². The summed E-state index contributed by atoms with van der Waals surface area (Å²) in [7, 11) is 0. The summed E-state index contributed by atoms with van der Waals surface area (Å²) in [5.74, 6) is 7.03. The Balaban J connectivity index is 1.57. The third-order valence-corrected chi connectivity index (χ3v) is 2.79. The van der Waals surface area contributed by atoms with Crippen LogP contribution in [0.1, 0.15) is 12.8 Å². The van der Waals surface area contributed by atoms with Crippen LogP contribution in [0.3, 0.4) is 0 Å². The van der Waals surface area contributed by atoms with Crippen molar-refractivity contribution in [3.63, 3.8) is 0 Å². The molecule has 2 unspecified atom stereocenters. The maximum Gasteiger partial charge on any atom is 0.0691 e. The highest BCUT2D eigenvalue weighted by atomic mass is 16.6. The van der Waals surface area contributed by atoms with Crippen molar-refractivity contribution in [1.82, 2.24) is 4.90 Å². The Morgan fingerprint density at radius 1 is 1.36 bits per heavy atom. The maximum absolute atomic E-state index is 4.93. The Morgan fingerprint density at radius 3 is 2.73 bits per heavy atom. The Hall–Kier alpha value is -0.120. The first kappa shape index (κ1) is 7.53. The summed E-state index contributed by atoms with van der Waals surface area (Å²) in [6, 6.07) is 0. The number of rotatable bonds is 4. The van der Waals surface area contributed by atoms with E-state index in [1.165, 1.54) is 26.1 Å². The molecule has 0 aromatic heterocycles. The number of likely N-dealkylation sites (tertiary alicyclic amines) is 1. The molecule has 0 radical (unpaired) electrons. The molecule has 0 bridgehead atoms. The van der Waals surface area contributed by atoms with Gasteiger partial charge in [0, 0.05) is 19.6 Å². The number of hydrogen-bond acceptors (Lipinski definition) is 3. The van der Waals surface area contributed by atoms with Gasteiger partial charge in [0.2, 0.25) is 0 Å². The van der Waals surface area contributed by atoms with Crippen LogP contribution < -0.4 is 5.90 Å². The molecule has 0 aromatic carbocycles. The summed E-state index contributed by atoms with van der Waals surface area (Å²) in [5.41, 5.74) is 0. The van der Waals surface area contributed by atoms with Crippen LogP contribution in [0.25, 0.3) is 0 Å². The lowest BCUT2D eigenvalue weighted by Gasteiger charge is -2.16.